The van der Waals surface area contributed by atoms with Crippen molar-refractivity contribution in [2.24, 2.45) is 0 Å². The van der Waals surface area contributed by atoms with Crippen LogP contribution in [0.1, 0.15) is 44.8 Å². The molecule has 0 fully saturated rings. The van der Waals surface area contributed by atoms with E-state index in [4.69, 9.17) is 4.42 Å². The van der Waals surface area contributed by atoms with Gasteiger partial charge in [-0.3, -0.25) is 9.59 Å². The molecule has 118 valence electrons. The van der Waals surface area contributed by atoms with Crippen molar-refractivity contribution in [1.82, 2.24) is 10.6 Å². The lowest BCUT2D eigenvalue weighted by Crippen LogP contribution is -2.56. The second-order valence-corrected chi connectivity index (χ2v) is 6.09. The van der Waals surface area contributed by atoms with E-state index in [9.17, 15) is 14.7 Å². The molecule has 0 saturated carbocycles. The molecule has 1 heterocycles. The molecular weight excluding hydrogens is 272 g/mol. The maximum absolute atomic E-state index is 12.1. The first-order chi connectivity index (χ1) is 9.45. The van der Waals surface area contributed by atoms with Gasteiger partial charge in [0.2, 0.25) is 11.8 Å². The normalized spacial score (nSPS) is 14.4. The summed E-state index contributed by atoms with van der Waals surface area (Å²) in [5.41, 5.74) is -1.65. The molecule has 0 aromatic carbocycles. The second-order valence-electron chi connectivity index (χ2n) is 6.09. The van der Waals surface area contributed by atoms with E-state index in [0.717, 1.165) is 0 Å². The minimum Gasteiger partial charge on any atom is -0.466 e. The first-order valence-corrected chi connectivity index (χ1v) is 6.82. The van der Waals surface area contributed by atoms with Crippen LogP contribution in [0, 0.1) is 13.8 Å². The Bertz CT molecular complexity index is 544. The Balaban J connectivity index is 2.75. The van der Waals surface area contributed by atoms with Gasteiger partial charge in [0.15, 0.2) is 0 Å². The first-order valence-electron chi connectivity index (χ1n) is 6.82. The molecule has 21 heavy (non-hydrogen) atoms. The van der Waals surface area contributed by atoms with Gasteiger partial charge in [0, 0.05) is 12.5 Å². The van der Waals surface area contributed by atoms with Gasteiger partial charge in [-0.1, -0.05) is 0 Å². The summed E-state index contributed by atoms with van der Waals surface area (Å²) < 4.78 is 5.40. The van der Waals surface area contributed by atoms with E-state index in [2.05, 4.69) is 10.6 Å². The largest absolute Gasteiger partial charge is 0.466 e. The van der Waals surface area contributed by atoms with Gasteiger partial charge in [0.25, 0.3) is 0 Å². The van der Waals surface area contributed by atoms with Gasteiger partial charge in [-0.2, -0.15) is 0 Å². The number of hydrogen-bond acceptors (Lipinski definition) is 4. The molecule has 0 spiro atoms. The van der Waals surface area contributed by atoms with E-state index < -0.39 is 11.1 Å². The van der Waals surface area contributed by atoms with Crippen LogP contribution < -0.4 is 10.6 Å². The molecule has 1 atom stereocenters. The summed E-state index contributed by atoms with van der Waals surface area (Å²) in [5.74, 6) is 0.666. The zero-order valence-corrected chi connectivity index (χ0v) is 13.5. The average Bonchev–Trinajstić information content (AvgIpc) is 2.64. The fourth-order valence-electron chi connectivity index (χ4n) is 2.23. The third kappa shape index (κ3) is 4.32. The number of rotatable bonds is 5. The summed E-state index contributed by atoms with van der Waals surface area (Å²) in [6, 6.07) is 1.75. The Morgan fingerprint density at radius 1 is 1.29 bits per heavy atom. The summed E-state index contributed by atoms with van der Waals surface area (Å²) in [7, 11) is 0. The van der Waals surface area contributed by atoms with E-state index >= 15 is 0 Å². The highest BCUT2D eigenvalue weighted by molar-refractivity contribution is 5.90. The Morgan fingerprint density at radius 3 is 2.29 bits per heavy atom. The number of furan rings is 1. The van der Waals surface area contributed by atoms with Crippen molar-refractivity contribution in [3.8, 4) is 0 Å². The van der Waals surface area contributed by atoms with Crippen molar-refractivity contribution < 1.29 is 19.1 Å². The smallest absolute Gasteiger partial charge is 0.245 e. The van der Waals surface area contributed by atoms with Gasteiger partial charge in [0.05, 0.1) is 6.54 Å². The minimum absolute atomic E-state index is 0.0225. The van der Waals surface area contributed by atoms with E-state index in [1.165, 1.54) is 6.92 Å². The molecule has 1 aromatic rings. The van der Waals surface area contributed by atoms with Crippen LogP contribution in [0.25, 0.3) is 0 Å². The Labute approximate surface area is 124 Å². The standard InChI is InChI=1S/C15H24N2O4/c1-9-7-12(10(2)21-9)15(6,20)8-16-13(19)14(4,5)17-11(3)18/h7,20H,8H2,1-6H3,(H,16,19)(H,17,18). The van der Waals surface area contributed by atoms with Gasteiger partial charge in [-0.05, 0) is 40.7 Å². The van der Waals surface area contributed by atoms with Gasteiger partial charge in [0.1, 0.15) is 22.7 Å². The van der Waals surface area contributed by atoms with Crippen LogP contribution in [0.3, 0.4) is 0 Å². The predicted molar refractivity (Wildman–Crippen MR) is 78.7 cm³/mol. The zero-order valence-electron chi connectivity index (χ0n) is 13.5. The lowest BCUT2D eigenvalue weighted by atomic mass is 9.95. The predicted octanol–water partition coefficient (Wildman–Crippen LogP) is 1.13. The molecule has 6 nitrogen and oxygen atoms in total. The molecule has 1 rings (SSSR count). The summed E-state index contributed by atoms with van der Waals surface area (Å²) in [4.78, 5) is 23.2. The van der Waals surface area contributed by atoms with Crippen LogP contribution in [-0.4, -0.2) is 29.0 Å². The molecule has 0 bridgehead atoms. The quantitative estimate of drug-likeness (QED) is 0.759. The highest BCUT2D eigenvalue weighted by Crippen LogP contribution is 2.26. The summed E-state index contributed by atoms with van der Waals surface area (Å²) in [6.07, 6.45) is 0. The average molecular weight is 296 g/mol. The van der Waals surface area contributed by atoms with E-state index in [1.807, 2.05) is 0 Å². The van der Waals surface area contributed by atoms with Gasteiger partial charge in [-0.15, -0.1) is 0 Å². The molecule has 0 aliphatic heterocycles. The molecule has 2 amide bonds. The maximum atomic E-state index is 12.1. The summed E-state index contributed by atoms with van der Waals surface area (Å²) in [5, 5.41) is 15.7. The maximum Gasteiger partial charge on any atom is 0.245 e. The third-order valence-corrected chi connectivity index (χ3v) is 3.27. The zero-order chi connectivity index (χ0) is 16.4. The topological polar surface area (TPSA) is 91.6 Å². The van der Waals surface area contributed by atoms with Gasteiger partial charge < -0.3 is 20.2 Å². The fourth-order valence-corrected chi connectivity index (χ4v) is 2.23. The van der Waals surface area contributed by atoms with Crippen LogP contribution in [0.4, 0.5) is 0 Å². The van der Waals surface area contributed by atoms with Gasteiger partial charge >= 0.3 is 0 Å². The monoisotopic (exact) mass is 296 g/mol. The van der Waals surface area contributed by atoms with E-state index in [0.29, 0.717) is 17.1 Å². The second kappa shape index (κ2) is 5.89. The van der Waals surface area contributed by atoms with Crippen molar-refractivity contribution in [3.63, 3.8) is 0 Å². The van der Waals surface area contributed by atoms with E-state index in [1.54, 1.807) is 40.7 Å². The number of carbonyl (C=O) groups is 2. The lowest BCUT2D eigenvalue weighted by Gasteiger charge is -2.28. The number of carbonyl (C=O) groups excluding carboxylic acids is 2. The van der Waals surface area contributed by atoms with Crippen LogP contribution in [0.2, 0.25) is 0 Å². The molecule has 6 heteroatoms. The SMILES string of the molecule is CC(=O)NC(C)(C)C(=O)NCC(C)(O)c1cc(C)oc1C. The molecule has 1 aromatic heterocycles. The van der Waals surface area contributed by atoms with Crippen molar-refractivity contribution in [2.45, 2.75) is 52.7 Å². The Morgan fingerprint density at radius 2 is 1.86 bits per heavy atom. The van der Waals surface area contributed by atoms with Crippen molar-refractivity contribution >= 4 is 11.8 Å². The molecular formula is C15H24N2O4. The number of amides is 2. The molecule has 0 aliphatic rings. The molecule has 0 aliphatic carbocycles. The van der Waals surface area contributed by atoms with Crippen molar-refractivity contribution in [3.05, 3.63) is 23.2 Å². The highest BCUT2D eigenvalue weighted by atomic mass is 16.3. The third-order valence-electron chi connectivity index (χ3n) is 3.27. The van der Waals surface area contributed by atoms with Crippen molar-refractivity contribution in [1.29, 1.82) is 0 Å². The van der Waals surface area contributed by atoms with Gasteiger partial charge in [-0.25, -0.2) is 0 Å². The van der Waals surface area contributed by atoms with Crippen LogP contribution in [-0.2, 0) is 15.2 Å². The number of aliphatic hydroxyl groups is 1. The summed E-state index contributed by atoms with van der Waals surface area (Å²) >= 11 is 0. The van der Waals surface area contributed by atoms with E-state index in [-0.39, 0.29) is 18.4 Å². The highest BCUT2D eigenvalue weighted by Gasteiger charge is 2.32. The van der Waals surface area contributed by atoms with Crippen molar-refractivity contribution in [2.75, 3.05) is 6.54 Å². The first kappa shape index (κ1) is 17.2. The number of nitrogens with one attached hydrogen (secondary N) is 2. The van der Waals surface area contributed by atoms with Crippen LogP contribution in [0.5, 0.6) is 0 Å². The van der Waals surface area contributed by atoms with Crippen LogP contribution in [0.15, 0.2) is 10.5 Å². The van der Waals surface area contributed by atoms with Crippen LogP contribution >= 0.6 is 0 Å². The minimum atomic E-state index is -1.25. The Hall–Kier alpha value is -1.82. The fraction of sp³-hybridized carbons (Fsp3) is 0.600. The molecule has 0 saturated heterocycles. The molecule has 0 radical (unpaired) electrons. The number of hydrogen-bond donors (Lipinski definition) is 3. The summed E-state index contributed by atoms with van der Waals surface area (Å²) in [6.45, 7) is 9.75. The Kier molecular flexibility index (Phi) is 4.83. The number of aryl methyl sites for hydroxylation is 2. The molecule has 1 unspecified atom stereocenters. The molecule has 3 N–H and O–H groups in total. The lowest BCUT2D eigenvalue weighted by molar-refractivity contribution is -0.132.